The molecule has 0 spiro atoms. The van der Waals surface area contributed by atoms with Crippen LogP contribution in [0.3, 0.4) is 0 Å². The standard InChI is InChI=1S/C26H29N5O2/c1-17-13-30(14-18-4-5-22-20(11-18)3-2-8-27-22)15-21(17)23-16-31-24(26(32)29-23)12-28-25(31)19-6-9-33-10-7-19/h2-5,8,11-12,16-17,19,21H,6-7,9-10,13-15H2,1H3,(H,29,32). The Hall–Kier alpha value is -3.03. The van der Waals surface area contributed by atoms with Crippen LogP contribution in [0, 0.1) is 5.92 Å². The predicted molar refractivity (Wildman–Crippen MR) is 128 cm³/mol. The van der Waals surface area contributed by atoms with Gasteiger partial charge in [0.25, 0.3) is 5.56 Å². The van der Waals surface area contributed by atoms with Crippen LogP contribution in [0.15, 0.2) is 53.7 Å². The van der Waals surface area contributed by atoms with E-state index in [-0.39, 0.29) is 11.5 Å². The Morgan fingerprint density at radius 2 is 2.03 bits per heavy atom. The van der Waals surface area contributed by atoms with Crippen molar-refractivity contribution in [2.75, 3.05) is 26.3 Å². The third kappa shape index (κ3) is 3.85. The van der Waals surface area contributed by atoms with Crippen LogP contribution < -0.4 is 5.56 Å². The topological polar surface area (TPSA) is 75.5 Å². The second-order valence-corrected chi connectivity index (χ2v) is 9.61. The molecule has 7 heteroatoms. The zero-order valence-electron chi connectivity index (χ0n) is 18.9. The van der Waals surface area contributed by atoms with Crippen molar-refractivity contribution in [1.29, 1.82) is 0 Å². The number of ether oxygens (including phenoxy) is 1. The van der Waals surface area contributed by atoms with E-state index in [0.29, 0.717) is 17.4 Å². The molecule has 6 rings (SSSR count). The summed E-state index contributed by atoms with van der Waals surface area (Å²) in [5.41, 5.74) is 3.92. The highest BCUT2D eigenvalue weighted by molar-refractivity contribution is 5.78. The molecule has 0 saturated carbocycles. The van der Waals surface area contributed by atoms with Gasteiger partial charge in [-0.05, 0) is 42.5 Å². The number of nitrogens with one attached hydrogen (secondary N) is 1. The molecule has 33 heavy (non-hydrogen) atoms. The molecule has 170 valence electrons. The number of hydrogen-bond acceptors (Lipinski definition) is 5. The lowest BCUT2D eigenvalue weighted by atomic mass is 9.95. The fraction of sp³-hybridized carbons (Fsp3) is 0.423. The summed E-state index contributed by atoms with van der Waals surface area (Å²) in [6.45, 7) is 6.63. The maximum Gasteiger partial charge on any atom is 0.274 e. The Kier molecular flexibility index (Phi) is 5.23. The molecule has 0 amide bonds. The highest BCUT2D eigenvalue weighted by Crippen LogP contribution is 2.33. The molecule has 5 heterocycles. The predicted octanol–water partition coefficient (Wildman–Crippen LogP) is 3.70. The zero-order valence-corrected chi connectivity index (χ0v) is 18.9. The largest absolute Gasteiger partial charge is 0.381 e. The minimum absolute atomic E-state index is 0.0500. The normalized spacial score (nSPS) is 22.5. The summed E-state index contributed by atoms with van der Waals surface area (Å²) in [6.07, 6.45) is 7.58. The molecule has 2 fully saturated rings. The van der Waals surface area contributed by atoms with Gasteiger partial charge in [-0.2, -0.15) is 0 Å². The Balaban J connectivity index is 1.26. The lowest BCUT2D eigenvalue weighted by Gasteiger charge is -2.21. The van der Waals surface area contributed by atoms with E-state index in [9.17, 15) is 4.79 Å². The number of aromatic amines is 1. The molecule has 2 saturated heterocycles. The van der Waals surface area contributed by atoms with E-state index in [1.165, 1.54) is 10.9 Å². The first-order valence-electron chi connectivity index (χ1n) is 11.9. The van der Waals surface area contributed by atoms with Crippen molar-refractivity contribution in [3.63, 3.8) is 0 Å². The lowest BCUT2D eigenvalue weighted by Crippen LogP contribution is -2.22. The minimum Gasteiger partial charge on any atom is -0.381 e. The quantitative estimate of drug-likeness (QED) is 0.521. The molecule has 0 radical (unpaired) electrons. The number of likely N-dealkylation sites (tertiary alicyclic amines) is 1. The Bertz CT molecular complexity index is 1350. The Labute approximate surface area is 192 Å². The van der Waals surface area contributed by atoms with Gasteiger partial charge in [-0.25, -0.2) is 4.98 Å². The molecular weight excluding hydrogens is 414 g/mol. The number of hydrogen-bond donors (Lipinski definition) is 1. The van der Waals surface area contributed by atoms with Gasteiger partial charge < -0.3 is 9.72 Å². The molecule has 1 aromatic carbocycles. The van der Waals surface area contributed by atoms with Crippen molar-refractivity contribution >= 4 is 16.4 Å². The van der Waals surface area contributed by atoms with E-state index < -0.39 is 0 Å². The van der Waals surface area contributed by atoms with Gasteiger partial charge in [-0.1, -0.05) is 19.1 Å². The van der Waals surface area contributed by atoms with Crippen molar-refractivity contribution in [1.82, 2.24) is 24.3 Å². The third-order valence-electron chi connectivity index (χ3n) is 7.33. The van der Waals surface area contributed by atoms with Crippen LogP contribution in [0.2, 0.25) is 0 Å². The second kappa shape index (κ2) is 8.39. The van der Waals surface area contributed by atoms with Crippen LogP contribution in [0.25, 0.3) is 16.4 Å². The molecule has 7 nitrogen and oxygen atoms in total. The molecule has 2 atom stereocenters. The molecule has 1 N–H and O–H groups in total. The van der Waals surface area contributed by atoms with E-state index in [4.69, 9.17) is 4.74 Å². The summed E-state index contributed by atoms with van der Waals surface area (Å²) in [5.74, 6) is 2.08. The monoisotopic (exact) mass is 443 g/mol. The fourth-order valence-corrected chi connectivity index (χ4v) is 5.57. The number of benzene rings is 1. The molecular formula is C26H29N5O2. The molecule has 2 unspecified atom stereocenters. The average molecular weight is 444 g/mol. The smallest absolute Gasteiger partial charge is 0.274 e. The SMILES string of the molecule is CC1CN(Cc2ccc3ncccc3c2)CC1c1cn2c(C3CCOCC3)ncc2c(=O)[nH]1. The van der Waals surface area contributed by atoms with E-state index in [1.54, 1.807) is 6.20 Å². The Morgan fingerprint density at radius 1 is 1.15 bits per heavy atom. The van der Waals surface area contributed by atoms with E-state index in [2.05, 4.69) is 57.2 Å². The average Bonchev–Trinajstić information content (AvgIpc) is 3.43. The first kappa shape index (κ1) is 20.6. The number of imidazole rings is 1. The molecule has 0 bridgehead atoms. The summed E-state index contributed by atoms with van der Waals surface area (Å²) < 4.78 is 7.56. The number of H-pyrrole nitrogens is 1. The Morgan fingerprint density at radius 3 is 2.91 bits per heavy atom. The fourth-order valence-electron chi connectivity index (χ4n) is 5.57. The van der Waals surface area contributed by atoms with Crippen molar-refractivity contribution in [2.45, 2.75) is 38.1 Å². The van der Waals surface area contributed by atoms with Crippen molar-refractivity contribution in [3.05, 3.63) is 76.4 Å². The van der Waals surface area contributed by atoms with Gasteiger partial charge in [0.1, 0.15) is 11.3 Å². The van der Waals surface area contributed by atoms with Gasteiger partial charge in [-0.15, -0.1) is 0 Å². The minimum atomic E-state index is -0.0500. The third-order valence-corrected chi connectivity index (χ3v) is 7.33. The maximum atomic E-state index is 12.9. The molecule has 3 aromatic heterocycles. The number of pyridine rings is 1. The number of fused-ring (bicyclic) bond motifs is 2. The van der Waals surface area contributed by atoms with Gasteiger partial charge in [0.05, 0.1) is 11.7 Å². The van der Waals surface area contributed by atoms with Gasteiger partial charge in [0, 0.05) is 68.2 Å². The molecule has 2 aliphatic rings. The van der Waals surface area contributed by atoms with Crippen LogP contribution in [-0.2, 0) is 11.3 Å². The summed E-state index contributed by atoms with van der Waals surface area (Å²) in [7, 11) is 0. The van der Waals surface area contributed by atoms with Crippen molar-refractivity contribution in [2.24, 2.45) is 5.92 Å². The number of rotatable bonds is 4. The van der Waals surface area contributed by atoms with Gasteiger partial charge in [0.2, 0.25) is 0 Å². The van der Waals surface area contributed by atoms with E-state index in [1.807, 2.05) is 16.7 Å². The molecule has 4 aromatic rings. The first-order chi connectivity index (χ1) is 16.2. The summed E-state index contributed by atoms with van der Waals surface area (Å²) >= 11 is 0. The zero-order chi connectivity index (χ0) is 22.4. The highest BCUT2D eigenvalue weighted by Gasteiger charge is 2.32. The van der Waals surface area contributed by atoms with Crippen LogP contribution in [0.4, 0.5) is 0 Å². The highest BCUT2D eigenvalue weighted by atomic mass is 16.5. The van der Waals surface area contributed by atoms with Crippen molar-refractivity contribution in [3.8, 4) is 0 Å². The van der Waals surface area contributed by atoms with Crippen molar-refractivity contribution < 1.29 is 4.74 Å². The van der Waals surface area contributed by atoms with Crippen LogP contribution in [0.5, 0.6) is 0 Å². The van der Waals surface area contributed by atoms with Crippen LogP contribution in [-0.4, -0.2) is 50.6 Å². The first-order valence-corrected chi connectivity index (χ1v) is 11.9. The number of aromatic nitrogens is 4. The van der Waals surface area contributed by atoms with Crippen LogP contribution in [0.1, 0.15) is 48.7 Å². The maximum absolute atomic E-state index is 12.9. The summed E-state index contributed by atoms with van der Waals surface area (Å²) in [6, 6.07) is 10.6. The van der Waals surface area contributed by atoms with Crippen LogP contribution >= 0.6 is 0 Å². The van der Waals surface area contributed by atoms with E-state index >= 15 is 0 Å². The van der Waals surface area contributed by atoms with Gasteiger partial charge >= 0.3 is 0 Å². The number of nitrogens with zero attached hydrogens (tertiary/aromatic N) is 4. The molecule has 0 aliphatic carbocycles. The summed E-state index contributed by atoms with van der Waals surface area (Å²) in [5, 5.41) is 1.18. The van der Waals surface area contributed by atoms with Gasteiger partial charge in [-0.3, -0.25) is 19.1 Å². The van der Waals surface area contributed by atoms with Gasteiger partial charge in [0.15, 0.2) is 0 Å². The summed E-state index contributed by atoms with van der Waals surface area (Å²) in [4.78, 5) is 27.6. The lowest BCUT2D eigenvalue weighted by molar-refractivity contribution is 0.0835. The second-order valence-electron chi connectivity index (χ2n) is 9.61. The van der Waals surface area contributed by atoms with E-state index in [0.717, 1.165) is 62.7 Å². The molecule has 2 aliphatic heterocycles.